The maximum atomic E-state index is 8.43. The Morgan fingerprint density at radius 1 is 1.12 bits per heavy atom. The highest BCUT2D eigenvalue weighted by Crippen LogP contribution is 2.26. The number of hydrogen-bond acceptors (Lipinski definition) is 6. The fourth-order valence-electron chi connectivity index (χ4n) is 2.20. The van der Waals surface area contributed by atoms with Gasteiger partial charge >= 0.3 is 0 Å². The normalized spacial score (nSPS) is 10.2. The Labute approximate surface area is 148 Å². The fourth-order valence-corrected chi connectivity index (χ4v) is 2.37. The molecule has 0 aliphatic rings. The van der Waals surface area contributed by atoms with Gasteiger partial charge in [-0.3, -0.25) is 0 Å². The number of azide groups is 1. The number of hydrogen-bond donors (Lipinski definition) is 2. The minimum atomic E-state index is 0.0950. The second kappa shape index (κ2) is 7.04. The molecule has 3 aromatic rings. The zero-order valence-electron chi connectivity index (χ0n) is 13.2. The quantitative estimate of drug-likeness (QED) is 0.397. The van der Waals surface area contributed by atoms with E-state index in [9.17, 15) is 0 Å². The van der Waals surface area contributed by atoms with Gasteiger partial charge in [0.15, 0.2) is 5.82 Å². The lowest BCUT2D eigenvalue weighted by Gasteiger charge is -2.09. The molecule has 3 N–H and O–H groups in total. The van der Waals surface area contributed by atoms with Gasteiger partial charge < -0.3 is 11.1 Å². The molecule has 0 aliphatic heterocycles. The van der Waals surface area contributed by atoms with Gasteiger partial charge in [-0.15, -0.1) is 0 Å². The number of nitrogens with one attached hydrogen (secondary N) is 1. The van der Waals surface area contributed by atoms with Crippen molar-refractivity contribution in [3.05, 3.63) is 63.5 Å². The monoisotopic (exact) mass is 352 g/mol. The van der Waals surface area contributed by atoms with Gasteiger partial charge in [-0.2, -0.15) is 15.0 Å². The number of halogens is 1. The minimum absolute atomic E-state index is 0.0950. The van der Waals surface area contributed by atoms with Crippen molar-refractivity contribution in [1.82, 2.24) is 15.0 Å². The molecule has 2 aromatic carbocycles. The molecule has 3 rings (SSSR count). The fraction of sp³-hybridized carbons (Fsp3) is 0.0625. The third kappa shape index (κ3) is 3.95. The second-order valence-corrected chi connectivity index (χ2v) is 5.60. The van der Waals surface area contributed by atoms with E-state index in [1.165, 1.54) is 0 Å². The summed E-state index contributed by atoms with van der Waals surface area (Å²) in [7, 11) is 0. The van der Waals surface area contributed by atoms with E-state index in [2.05, 4.69) is 30.3 Å². The molecule has 9 heteroatoms. The summed E-state index contributed by atoms with van der Waals surface area (Å²) < 4.78 is 0. The SMILES string of the molecule is Cc1ccc(Cl)cc1-c1nc(N)nc(Nc2ccc(N=[N+]=[N-])cc2)n1. The Balaban J connectivity index is 1.94. The first-order chi connectivity index (χ1) is 12.0. The van der Waals surface area contributed by atoms with Crippen LogP contribution in [0, 0.1) is 6.92 Å². The predicted molar refractivity (Wildman–Crippen MR) is 98.0 cm³/mol. The lowest BCUT2D eigenvalue weighted by atomic mass is 10.1. The van der Waals surface area contributed by atoms with E-state index in [4.69, 9.17) is 22.9 Å². The highest BCUT2D eigenvalue weighted by atomic mass is 35.5. The molecule has 1 heterocycles. The zero-order chi connectivity index (χ0) is 17.8. The molecule has 0 spiro atoms. The number of rotatable bonds is 4. The number of anilines is 3. The van der Waals surface area contributed by atoms with Gasteiger partial charge in [-0.1, -0.05) is 34.9 Å². The molecule has 0 fully saturated rings. The molecule has 124 valence electrons. The standard InChI is InChI=1S/C16H13ClN8/c1-9-2-3-10(17)8-13(9)14-21-15(18)23-16(22-14)20-11-4-6-12(7-5-11)24-25-19/h2-8H,1H3,(H3,18,20,21,22,23). The summed E-state index contributed by atoms with van der Waals surface area (Å²) in [6.45, 7) is 1.94. The predicted octanol–water partition coefficient (Wildman–Crippen LogP) is 4.77. The molecule has 0 radical (unpaired) electrons. The first kappa shape index (κ1) is 16.5. The molecule has 0 saturated carbocycles. The Hall–Kier alpha value is -3.35. The van der Waals surface area contributed by atoms with Crippen LogP contribution in [0.3, 0.4) is 0 Å². The number of nitrogens with two attached hydrogens (primary N) is 1. The van der Waals surface area contributed by atoms with Gasteiger partial charge in [0.2, 0.25) is 11.9 Å². The van der Waals surface area contributed by atoms with Crippen LogP contribution in [0.1, 0.15) is 5.56 Å². The van der Waals surface area contributed by atoms with Crippen molar-refractivity contribution in [2.24, 2.45) is 5.11 Å². The van der Waals surface area contributed by atoms with Crippen molar-refractivity contribution in [2.45, 2.75) is 6.92 Å². The molecular weight excluding hydrogens is 340 g/mol. The summed E-state index contributed by atoms with van der Waals surface area (Å²) in [5, 5.41) is 7.15. The number of benzene rings is 2. The largest absolute Gasteiger partial charge is 0.368 e. The molecule has 8 nitrogen and oxygen atoms in total. The maximum absolute atomic E-state index is 8.43. The highest BCUT2D eigenvalue weighted by molar-refractivity contribution is 6.30. The van der Waals surface area contributed by atoms with Crippen molar-refractivity contribution in [1.29, 1.82) is 0 Å². The topological polar surface area (TPSA) is 125 Å². The van der Waals surface area contributed by atoms with E-state index < -0.39 is 0 Å². The number of aromatic nitrogens is 3. The summed E-state index contributed by atoms with van der Waals surface area (Å²) in [4.78, 5) is 15.4. The van der Waals surface area contributed by atoms with Crippen LogP contribution < -0.4 is 11.1 Å². The molecule has 0 unspecified atom stereocenters. The molecule has 25 heavy (non-hydrogen) atoms. The van der Waals surface area contributed by atoms with E-state index in [1.807, 2.05) is 13.0 Å². The van der Waals surface area contributed by atoms with Gasteiger partial charge in [0, 0.05) is 26.9 Å². The summed E-state index contributed by atoms with van der Waals surface area (Å²) >= 11 is 6.06. The number of nitrogen functional groups attached to an aromatic ring is 1. The van der Waals surface area contributed by atoms with E-state index in [0.717, 1.165) is 16.8 Å². The van der Waals surface area contributed by atoms with Crippen LogP contribution >= 0.6 is 11.6 Å². The Kier molecular flexibility index (Phi) is 4.65. The van der Waals surface area contributed by atoms with Crippen LogP contribution in [0.2, 0.25) is 5.02 Å². The Bertz CT molecular complexity index is 964. The first-order valence-electron chi connectivity index (χ1n) is 7.25. The van der Waals surface area contributed by atoms with E-state index in [1.54, 1.807) is 36.4 Å². The second-order valence-electron chi connectivity index (χ2n) is 5.16. The molecule has 0 aliphatic carbocycles. The van der Waals surface area contributed by atoms with E-state index in [-0.39, 0.29) is 5.95 Å². The van der Waals surface area contributed by atoms with Crippen molar-refractivity contribution < 1.29 is 0 Å². The van der Waals surface area contributed by atoms with Crippen molar-refractivity contribution in [2.75, 3.05) is 11.1 Å². The van der Waals surface area contributed by atoms with Crippen LogP contribution in [0.5, 0.6) is 0 Å². The molecule has 0 saturated heterocycles. The third-order valence-corrected chi connectivity index (χ3v) is 3.61. The summed E-state index contributed by atoms with van der Waals surface area (Å²) in [5.41, 5.74) is 17.2. The van der Waals surface area contributed by atoms with Gasteiger partial charge in [0.05, 0.1) is 0 Å². The van der Waals surface area contributed by atoms with Crippen LogP contribution in [-0.4, -0.2) is 15.0 Å². The molecular formula is C16H13ClN8. The summed E-state index contributed by atoms with van der Waals surface area (Å²) in [6.07, 6.45) is 0. The van der Waals surface area contributed by atoms with E-state index >= 15 is 0 Å². The number of nitrogens with zero attached hydrogens (tertiary/aromatic N) is 6. The van der Waals surface area contributed by atoms with Crippen molar-refractivity contribution in [3.8, 4) is 11.4 Å². The van der Waals surface area contributed by atoms with Gasteiger partial charge in [0.1, 0.15) is 0 Å². The van der Waals surface area contributed by atoms with Crippen LogP contribution in [0.4, 0.5) is 23.3 Å². The average Bonchev–Trinajstić information content (AvgIpc) is 2.58. The molecule has 0 amide bonds. The Morgan fingerprint density at radius 3 is 2.60 bits per heavy atom. The van der Waals surface area contributed by atoms with Crippen LogP contribution in [0.15, 0.2) is 47.6 Å². The number of aryl methyl sites for hydroxylation is 1. The average molecular weight is 353 g/mol. The van der Waals surface area contributed by atoms with Crippen LogP contribution in [-0.2, 0) is 0 Å². The Morgan fingerprint density at radius 2 is 1.88 bits per heavy atom. The third-order valence-electron chi connectivity index (χ3n) is 3.38. The summed E-state index contributed by atoms with van der Waals surface area (Å²) in [6, 6.07) is 12.3. The van der Waals surface area contributed by atoms with Crippen molar-refractivity contribution in [3.63, 3.8) is 0 Å². The first-order valence-corrected chi connectivity index (χ1v) is 7.63. The smallest absolute Gasteiger partial charge is 0.232 e. The lowest BCUT2D eigenvalue weighted by molar-refractivity contribution is 1.07. The maximum Gasteiger partial charge on any atom is 0.232 e. The molecule has 1 aromatic heterocycles. The van der Waals surface area contributed by atoms with Crippen LogP contribution in [0.25, 0.3) is 21.8 Å². The minimum Gasteiger partial charge on any atom is -0.368 e. The molecule has 0 bridgehead atoms. The van der Waals surface area contributed by atoms with Gasteiger partial charge in [0.25, 0.3) is 0 Å². The van der Waals surface area contributed by atoms with Gasteiger partial charge in [-0.25, -0.2) is 0 Å². The van der Waals surface area contributed by atoms with E-state index in [0.29, 0.717) is 22.5 Å². The highest BCUT2D eigenvalue weighted by Gasteiger charge is 2.10. The summed E-state index contributed by atoms with van der Waals surface area (Å²) in [5.74, 6) is 0.830. The van der Waals surface area contributed by atoms with Gasteiger partial charge in [-0.05, 0) is 42.3 Å². The zero-order valence-corrected chi connectivity index (χ0v) is 13.9. The van der Waals surface area contributed by atoms with Crippen molar-refractivity contribution >= 4 is 34.9 Å². The lowest BCUT2D eigenvalue weighted by Crippen LogP contribution is -2.05. The molecule has 0 atom stereocenters.